The van der Waals surface area contributed by atoms with Gasteiger partial charge in [-0.3, -0.25) is 0 Å². The number of rotatable bonds is 3. The Balaban J connectivity index is 2.61. The number of hydrogen-bond donors (Lipinski definition) is 1. The van der Waals surface area contributed by atoms with Crippen LogP contribution in [0.3, 0.4) is 0 Å². The highest BCUT2D eigenvalue weighted by Gasteiger charge is 2.31. The minimum atomic E-state index is -1.51. The zero-order valence-electron chi connectivity index (χ0n) is 11.1. The summed E-state index contributed by atoms with van der Waals surface area (Å²) in [6, 6.07) is 1.69. The Morgan fingerprint density at radius 3 is 2.75 bits per heavy atom. The second-order valence-corrected chi connectivity index (χ2v) is 4.96. The van der Waals surface area contributed by atoms with E-state index in [2.05, 4.69) is 20.7 Å². The second kappa shape index (κ2) is 6.32. The minimum absolute atomic E-state index is 0.200. The standard InChI is InChI=1S/C13H15BrO6/c1-17-11-7(14)6-8-12(20-5-3-4-19-8)9(11)10(15)13(16)18-2/h6,10,15H,3-5H2,1-2H3. The number of aliphatic hydroxyl groups is 1. The molecule has 0 spiro atoms. The van der Waals surface area contributed by atoms with Crippen molar-refractivity contribution in [3.8, 4) is 17.2 Å². The van der Waals surface area contributed by atoms with Crippen LogP contribution >= 0.6 is 15.9 Å². The van der Waals surface area contributed by atoms with Crippen molar-refractivity contribution in [3.05, 3.63) is 16.1 Å². The fraction of sp³-hybridized carbons (Fsp3) is 0.462. The van der Waals surface area contributed by atoms with Gasteiger partial charge >= 0.3 is 5.97 Å². The lowest BCUT2D eigenvalue weighted by atomic mass is 10.1. The third kappa shape index (κ3) is 2.69. The molecule has 1 N–H and O–H groups in total. The summed E-state index contributed by atoms with van der Waals surface area (Å²) in [4.78, 5) is 11.6. The molecule has 0 radical (unpaired) electrons. The second-order valence-electron chi connectivity index (χ2n) is 4.11. The summed E-state index contributed by atoms with van der Waals surface area (Å²) in [5.41, 5.74) is 0.200. The fourth-order valence-electron chi connectivity index (χ4n) is 1.97. The molecule has 1 heterocycles. The van der Waals surface area contributed by atoms with E-state index in [0.717, 1.165) is 0 Å². The minimum Gasteiger partial charge on any atom is -0.495 e. The van der Waals surface area contributed by atoms with E-state index in [1.807, 2.05) is 0 Å². The normalized spacial score (nSPS) is 15.2. The number of ether oxygens (including phenoxy) is 4. The third-order valence-corrected chi connectivity index (χ3v) is 3.47. The zero-order chi connectivity index (χ0) is 14.7. The lowest BCUT2D eigenvalue weighted by molar-refractivity contribution is -0.150. The number of benzene rings is 1. The molecular weight excluding hydrogens is 332 g/mol. The van der Waals surface area contributed by atoms with Gasteiger partial charge in [-0.15, -0.1) is 0 Å². The average molecular weight is 347 g/mol. The van der Waals surface area contributed by atoms with E-state index in [1.54, 1.807) is 6.07 Å². The van der Waals surface area contributed by atoms with Crippen molar-refractivity contribution in [1.82, 2.24) is 0 Å². The van der Waals surface area contributed by atoms with Crippen molar-refractivity contribution >= 4 is 21.9 Å². The molecule has 7 heteroatoms. The molecule has 2 rings (SSSR count). The molecule has 0 aliphatic carbocycles. The van der Waals surface area contributed by atoms with Crippen molar-refractivity contribution in [2.45, 2.75) is 12.5 Å². The number of methoxy groups -OCH3 is 2. The van der Waals surface area contributed by atoms with Crippen LogP contribution in [0.2, 0.25) is 0 Å². The van der Waals surface area contributed by atoms with Gasteiger partial charge < -0.3 is 24.1 Å². The van der Waals surface area contributed by atoms with E-state index in [9.17, 15) is 9.90 Å². The first kappa shape index (κ1) is 14.9. The lowest BCUT2D eigenvalue weighted by Gasteiger charge is -2.20. The van der Waals surface area contributed by atoms with Crippen LogP contribution in [0.5, 0.6) is 17.2 Å². The first-order valence-electron chi connectivity index (χ1n) is 6.02. The molecule has 1 unspecified atom stereocenters. The first-order chi connectivity index (χ1) is 9.60. The molecule has 110 valence electrons. The Hall–Kier alpha value is -1.47. The highest BCUT2D eigenvalue weighted by Crippen LogP contribution is 2.47. The molecule has 1 aliphatic rings. The van der Waals surface area contributed by atoms with E-state index in [4.69, 9.17) is 14.2 Å². The van der Waals surface area contributed by atoms with Crippen LogP contribution in [0.15, 0.2) is 10.5 Å². The van der Waals surface area contributed by atoms with E-state index in [-0.39, 0.29) is 5.56 Å². The summed E-state index contributed by atoms with van der Waals surface area (Å²) in [5.74, 6) is 0.275. The van der Waals surface area contributed by atoms with Crippen LogP contribution in [-0.2, 0) is 9.53 Å². The summed E-state index contributed by atoms with van der Waals surface area (Å²) in [5, 5.41) is 10.2. The predicted octanol–water partition coefficient (Wildman–Crippen LogP) is 1.83. The Morgan fingerprint density at radius 2 is 2.10 bits per heavy atom. The fourth-order valence-corrected chi connectivity index (χ4v) is 2.55. The molecular formula is C13H15BrO6. The van der Waals surface area contributed by atoms with E-state index < -0.39 is 12.1 Å². The summed E-state index contributed by atoms with van der Waals surface area (Å²) >= 11 is 3.33. The third-order valence-electron chi connectivity index (χ3n) is 2.88. The Kier molecular flexibility index (Phi) is 4.72. The smallest absolute Gasteiger partial charge is 0.339 e. The number of carbonyl (C=O) groups excluding carboxylic acids is 1. The van der Waals surface area contributed by atoms with Gasteiger partial charge in [0.05, 0.1) is 37.5 Å². The van der Waals surface area contributed by atoms with Crippen LogP contribution in [0.1, 0.15) is 18.1 Å². The number of fused-ring (bicyclic) bond motifs is 1. The monoisotopic (exact) mass is 346 g/mol. The zero-order valence-corrected chi connectivity index (χ0v) is 12.7. The highest BCUT2D eigenvalue weighted by molar-refractivity contribution is 9.10. The van der Waals surface area contributed by atoms with Crippen molar-refractivity contribution in [2.24, 2.45) is 0 Å². The molecule has 0 saturated heterocycles. The topological polar surface area (TPSA) is 74.2 Å². The summed E-state index contributed by atoms with van der Waals surface area (Å²) in [6.45, 7) is 0.929. The van der Waals surface area contributed by atoms with E-state index >= 15 is 0 Å². The van der Waals surface area contributed by atoms with Crippen LogP contribution in [0, 0.1) is 0 Å². The van der Waals surface area contributed by atoms with Gasteiger partial charge in [-0.05, 0) is 15.9 Å². The predicted molar refractivity (Wildman–Crippen MR) is 73.3 cm³/mol. The van der Waals surface area contributed by atoms with Gasteiger partial charge in [0, 0.05) is 12.5 Å². The van der Waals surface area contributed by atoms with E-state index in [0.29, 0.717) is 41.4 Å². The van der Waals surface area contributed by atoms with Gasteiger partial charge in [0.15, 0.2) is 17.6 Å². The van der Waals surface area contributed by atoms with Crippen molar-refractivity contribution in [1.29, 1.82) is 0 Å². The number of aliphatic hydroxyl groups excluding tert-OH is 1. The molecule has 0 fully saturated rings. The summed E-state index contributed by atoms with van der Waals surface area (Å²) < 4.78 is 21.5. The molecule has 0 amide bonds. The maximum atomic E-state index is 11.6. The van der Waals surface area contributed by atoms with Gasteiger partial charge in [0.25, 0.3) is 0 Å². The number of carbonyl (C=O) groups is 1. The molecule has 1 atom stereocenters. The number of hydrogen-bond acceptors (Lipinski definition) is 6. The maximum Gasteiger partial charge on any atom is 0.339 e. The maximum absolute atomic E-state index is 11.6. The molecule has 0 aromatic heterocycles. The van der Waals surface area contributed by atoms with Crippen molar-refractivity contribution in [2.75, 3.05) is 27.4 Å². The highest BCUT2D eigenvalue weighted by atomic mass is 79.9. The van der Waals surface area contributed by atoms with Crippen molar-refractivity contribution in [3.63, 3.8) is 0 Å². The van der Waals surface area contributed by atoms with E-state index in [1.165, 1.54) is 14.2 Å². The van der Waals surface area contributed by atoms with Gasteiger partial charge in [-0.1, -0.05) is 0 Å². The van der Waals surface area contributed by atoms with Crippen LogP contribution in [-0.4, -0.2) is 38.5 Å². The van der Waals surface area contributed by atoms with Crippen LogP contribution in [0.25, 0.3) is 0 Å². The Labute approximate surface area is 124 Å². The molecule has 0 bridgehead atoms. The van der Waals surface area contributed by atoms with Gasteiger partial charge in [0.2, 0.25) is 0 Å². The van der Waals surface area contributed by atoms with Gasteiger partial charge in [0.1, 0.15) is 5.75 Å². The van der Waals surface area contributed by atoms with Crippen LogP contribution in [0.4, 0.5) is 0 Å². The average Bonchev–Trinajstić information content (AvgIpc) is 2.69. The first-order valence-corrected chi connectivity index (χ1v) is 6.81. The Morgan fingerprint density at radius 1 is 1.40 bits per heavy atom. The summed E-state index contributed by atoms with van der Waals surface area (Å²) in [6.07, 6.45) is -0.801. The Bertz CT molecular complexity index is 516. The molecule has 0 saturated carbocycles. The molecule has 20 heavy (non-hydrogen) atoms. The molecule has 1 aromatic carbocycles. The lowest BCUT2D eigenvalue weighted by Crippen LogP contribution is -2.16. The molecule has 1 aromatic rings. The quantitative estimate of drug-likeness (QED) is 0.841. The number of esters is 1. The SMILES string of the molecule is COC(=O)C(O)c1c(OC)c(Br)cc2c1OCCCO2. The van der Waals surface area contributed by atoms with Crippen molar-refractivity contribution < 1.29 is 28.8 Å². The largest absolute Gasteiger partial charge is 0.495 e. The number of halogens is 1. The van der Waals surface area contributed by atoms with Gasteiger partial charge in [-0.2, -0.15) is 0 Å². The molecule has 1 aliphatic heterocycles. The summed E-state index contributed by atoms with van der Waals surface area (Å²) in [7, 11) is 2.64. The van der Waals surface area contributed by atoms with Crippen LogP contribution < -0.4 is 14.2 Å². The molecule has 6 nitrogen and oxygen atoms in total. The van der Waals surface area contributed by atoms with Gasteiger partial charge in [-0.25, -0.2) is 4.79 Å².